The molecule has 1 aromatic carbocycles. The summed E-state index contributed by atoms with van der Waals surface area (Å²) in [6, 6.07) is 1.98. The molecule has 0 aliphatic carbocycles. The Labute approximate surface area is 113 Å². The maximum atomic E-state index is 13.5. The smallest absolute Gasteiger partial charge is 0.200 e. The molecular weight excluding hydrogens is 305 g/mol. The van der Waals surface area contributed by atoms with Crippen molar-refractivity contribution in [2.75, 3.05) is 0 Å². The predicted octanol–water partition coefficient (Wildman–Crippen LogP) is 3.91. The molecule has 104 valence electrons. The second-order valence-electron chi connectivity index (χ2n) is 3.64. The van der Waals surface area contributed by atoms with E-state index < -0.39 is 45.5 Å². The van der Waals surface area contributed by atoms with Crippen LogP contribution in [-0.2, 0) is 0 Å². The highest BCUT2D eigenvalue weighted by Crippen LogP contribution is 2.31. The van der Waals surface area contributed by atoms with Crippen molar-refractivity contribution in [3.8, 4) is 11.3 Å². The molecular formula is C12H3ClF5NO. The number of halogens is 6. The van der Waals surface area contributed by atoms with Gasteiger partial charge in [0.15, 0.2) is 29.6 Å². The van der Waals surface area contributed by atoms with Crippen LogP contribution < -0.4 is 0 Å². The Morgan fingerprint density at radius 1 is 0.900 bits per heavy atom. The van der Waals surface area contributed by atoms with E-state index in [-0.39, 0.29) is 5.56 Å². The molecule has 0 aliphatic heterocycles. The van der Waals surface area contributed by atoms with Gasteiger partial charge in [-0.05, 0) is 12.1 Å². The molecule has 0 N–H and O–H groups in total. The van der Waals surface area contributed by atoms with Crippen LogP contribution in [-0.4, -0.2) is 11.3 Å². The van der Waals surface area contributed by atoms with Crippen molar-refractivity contribution < 1.29 is 26.7 Å². The third kappa shape index (κ3) is 2.14. The molecule has 2 rings (SSSR count). The molecule has 0 saturated carbocycles. The zero-order chi connectivity index (χ0) is 15.0. The van der Waals surface area contributed by atoms with Gasteiger partial charge in [-0.15, -0.1) is 0 Å². The number of carbonyl (C=O) groups is 1. The number of benzene rings is 1. The first kappa shape index (κ1) is 14.4. The standard InChI is InChI=1S/C12H3ClF5NO/c13-12-4(3-20)1-2-5(19-12)6-7(14)9(16)11(18)10(17)8(6)15/h1-3H. The number of rotatable bonds is 2. The van der Waals surface area contributed by atoms with E-state index in [9.17, 15) is 26.7 Å². The second kappa shape index (κ2) is 5.16. The first-order valence-corrected chi connectivity index (χ1v) is 5.39. The lowest BCUT2D eigenvalue weighted by atomic mass is 10.1. The molecule has 0 aliphatic rings. The molecule has 0 radical (unpaired) electrons. The molecule has 0 bridgehead atoms. The summed E-state index contributed by atoms with van der Waals surface area (Å²) in [5.74, 6) is -10.5. The van der Waals surface area contributed by atoms with Crippen LogP contribution in [0.15, 0.2) is 12.1 Å². The number of hydrogen-bond donors (Lipinski definition) is 0. The fourth-order valence-electron chi connectivity index (χ4n) is 1.50. The van der Waals surface area contributed by atoms with E-state index in [4.69, 9.17) is 11.6 Å². The van der Waals surface area contributed by atoms with Crippen molar-refractivity contribution in [1.29, 1.82) is 0 Å². The van der Waals surface area contributed by atoms with E-state index >= 15 is 0 Å². The zero-order valence-electron chi connectivity index (χ0n) is 9.36. The molecule has 0 amide bonds. The Morgan fingerprint density at radius 3 is 1.85 bits per heavy atom. The Balaban J connectivity index is 2.76. The fraction of sp³-hybridized carbons (Fsp3) is 0. The minimum atomic E-state index is -2.26. The van der Waals surface area contributed by atoms with E-state index in [1.807, 2.05) is 0 Å². The summed E-state index contributed by atoms with van der Waals surface area (Å²) >= 11 is 5.55. The van der Waals surface area contributed by atoms with E-state index in [2.05, 4.69) is 4.98 Å². The van der Waals surface area contributed by atoms with Crippen molar-refractivity contribution >= 4 is 17.9 Å². The molecule has 8 heteroatoms. The van der Waals surface area contributed by atoms with Crippen molar-refractivity contribution in [3.05, 3.63) is 51.9 Å². The van der Waals surface area contributed by atoms with Crippen LogP contribution >= 0.6 is 11.6 Å². The van der Waals surface area contributed by atoms with Crippen molar-refractivity contribution in [1.82, 2.24) is 4.98 Å². The predicted molar refractivity (Wildman–Crippen MR) is 59.9 cm³/mol. The van der Waals surface area contributed by atoms with Crippen LogP contribution in [0.1, 0.15) is 10.4 Å². The number of pyridine rings is 1. The van der Waals surface area contributed by atoms with Gasteiger partial charge >= 0.3 is 0 Å². The van der Waals surface area contributed by atoms with Gasteiger partial charge < -0.3 is 0 Å². The largest absolute Gasteiger partial charge is 0.298 e. The van der Waals surface area contributed by atoms with Gasteiger partial charge in [0.05, 0.1) is 16.8 Å². The van der Waals surface area contributed by atoms with Gasteiger partial charge in [-0.1, -0.05) is 11.6 Å². The zero-order valence-corrected chi connectivity index (χ0v) is 10.1. The Hall–Kier alpha value is -2.02. The molecule has 1 aromatic heterocycles. The molecule has 2 nitrogen and oxygen atoms in total. The molecule has 0 unspecified atom stereocenters. The molecule has 2 aromatic rings. The van der Waals surface area contributed by atoms with Crippen LogP contribution in [0, 0.1) is 29.1 Å². The maximum absolute atomic E-state index is 13.5. The summed E-state index contributed by atoms with van der Waals surface area (Å²) in [7, 11) is 0. The SMILES string of the molecule is O=Cc1ccc(-c2c(F)c(F)c(F)c(F)c2F)nc1Cl. The highest BCUT2D eigenvalue weighted by Gasteiger charge is 2.27. The lowest BCUT2D eigenvalue weighted by molar-refractivity contribution is 0.112. The molecule has 0 atom stereocenters. The summed E-state index contributed by atoms with van der Waals surface area (Å²) in [5, 5.41) is -0.415. The first-order chi connectivity index (χ1) is 9.38. The Kier molecular flexibility index (Phi) is 3.71. The highest BCUT2D eigenvalue weighted by molar-refractivity contribution is 6.31. The maximum Gasteiger partial charge on any atom is 0.200 e. The van der Waals surface area contributed by atoms with Gasteiger partial charge in [-0.3, -0.25) is 4.79 Å². The van der Waals surface area contributed by atoms with E-state index in [1.165, 1.54) is 0 Å². The minimum absolute atomic E-state index is 0.0840. The second-order valence-corrected chi connectivity index (χ2v) is 4.00. The average molecular weight is 308 g/mol. The van der Waals surface area contributed by atoms with E-state index in [1.54, 1.807) is 0 Å². The van der Waals surface area contributed by atoms with Crippen LogP contribution in [0.3, 0.4) is 0 Å². The Morgan fingerprint density at radius 2 is 1.40 bits per heavy atom. The monoisotopic (exact) mass is 307 g/mol. The summed E-state index contributed by atoms with van der Waals surface area (Å²) in [4.78, 5) is 14.0. The van der Waals surface area contributed by atoms with Gasteiger partial charge in [0, 0.05) is 0 Å². The van der Waals surface area contributed by atoms with Gasteiger partial charge in [0.2, 0.25) is 5.82 Å². The molecule has 20 heavy (non-hydrogen) atoms. The van der Waals surface area contributed by atoms with Crippen LogP contribution in [0.25, 0.3) is 11.3 Å². The van der Waals surface area contributed by atoms with Gasteiger partial charge in [-0.25, -0.2) is 26.9 Å². The highest BCUT2D eigenvalue weighted by atomic mass is 35.5. The summed E-state index contributed by atoms with van der Waals surface area (Å²) in [6.45, 7) is 0. The van der Waals surface area contributed by atoms with Gasteiger partial charge in [0.1, 0.15) is 5.15 Å². The third-order valence-corrected chi connectivity index (χ3v) is 2.77. The van der Waals surface area contributed by atoms with Crippen LogP contribution in [0.5, 0.6) is 0 Å². The lowest BCUT2D eigenvalue weighted by Crippen LogP contribution is -2.05. The van der Waals surface area contributed by atoms with Crippen LogP contribution in [0.2, 0.25) is 5.15 Å². The topological polar surface area (TPSA) is 30.0 Å². The van der Waals surface area contributed by atoms with Crippen molar-refractivity contribution in [3.63, 3.8) is 0 Å². The average Bonchev–Trinajstić information content (AvgIpc) is 2.43. The van der Waals surface area contributed by atoms with E-state index in [0.29, 0.717) is 6.29 Å². The van der Waals surface area contributed by atoms with Crippen LogP contribution in [0.4, 0.5) is 22.0 Å². The van der Waals surface area contributed by atoms with Crippen molar-refractivity contribution in [2.45, 2.75) is 0 Å². The number of carbonyl (C=O) groups excluding carboxylic acids is 1. The van der Waals surface area contributed by atoms with Gasteiger partial charge in [0.25, 0.3) is 0 Å². The molecule has 0 fully saturated rings. The lowest BCUT2D eigenvalue weighted by Gasteiger charge is -2.08. The fourth-order valence-corrected chi connectivity index (χ4v) is 1.70. The molecule has 0 spiro atoms. The summed E-state index contributed by atoms with van der Waals surface area (Å²) < 4.78 is 66.1. The van der Waals surface area contributed by atoms with Crippen molar-refractivity contribution in [2.24, 2.45) is 0 Å². The van der Waals surface area contributed by atoms with E-state index in [0.717, 1.165) is 12.1 Å². The summed E-state index contributed by atoms with van der Waals surface area (Å²) in [5.41, 5.74) is -1.87. The molecule has 1 heterocycles. The molecule has 0 saturated heterocycles. The normalized spacial score (nSPS) is 10.7. The first-order valence-electron chi connectivity index (χ1n) is 5.02. The number of hydrogen-bond acceptors (Lipinski definition) is 2. The number of aldehydes is 1. The summed E-state index contributed by atoms with van der Waals surface area (Å²) in [6.07, 6.45) is 0.331. The number of aromatic nitrogens is 1. The minimum Gasteiger partial charge on any atom is -0.298 e. The third-order valence-electron chi connectivity index (χ3n) is 2.47. The van der Waals surface area contributed by atoms with Gasteiger partial charge in [-0.2, -0.15) is 0 Å². The number of nitrogens with zero attached hydrogens (tertiary/aromatic N) is 1. The Bertz CT molecular complexity index is 690. The quantitative estimate of drug-likeness (QED) is 0.277.